The zero-order valence-electron chi connectivity index (χ0n) is 15.1. The monoisotopic (exact) mass is 372 g/mol. The van der Waals surface area contributed by atoms with Gasteiger partial charge in [0.1, 0.15) is 11.7 Å². The second kappa shape index (κ2) is 9.44. The molecular formula is C19H22F2N6. The summed E-state index contributed by atoms with van der Waals surface area (Å²) in [7, 11) is 1.83. The van der Waals surface area contributed by atoms with Gasteiger partial charge in [-0.3, -0.25) is 4.99 Å². The minimum Gasteiger partial charge on any atom is -0.388 e. The number of allylic oxidation sites excluding steroid dienone is 3. The van der Waals surface area contributed by atoms with Gasteiger partial charge in [-0.15, -0.1) is 0 Å². The molecule has 0 spiro atoms. The third-order valence-corrected chi connectivity index (χ3v) is 3.77. The number of aromatic nitrogens is 1. The second-order valence-electron chi connectivity index (χ2n) is 5.55. The van der Waals surface area contributed by atoms with Crippen molar-refractivity contribution >= 4 is 17.3 Å². The van der Waals surface area contributed by atoms with E-state index in [1.54, 1.807) is 19.2 Å². The lowest BCUT2D eigenvalue weighted by Crippen LogP contribution is -2.32. The van der Waals surface area contributed by atoms with Crippen LogP contribution >= 0.6 is 0 Å². The molecule has 27 heavy (non-hydrogen) atoms. The number of benzene rings is 1. The predicted octanol–water partition coefficient (Wildman–Crippen LogP) is 3.31. The van der Waals surface area contributed by atoms with E-state index in [-0.39, 0.29) is 11.7 Å². The van der Waals surface area contributed by atoms with E-state index in [1.807, 2.05) is 31.3 Å². The molecule has 1 heterocycles. The van der Waals surface area contributed by atoms with Crippen molar-refractivity contribution in [3.05, 3.63) is 65.9 Å². The summed E-state index contributed by atoms with van der Waals surface area (Å²) in [6, 6.07) is 9.42. The van der Waals surface area contributed by atoms with Crippen LogP contribution in [0.15, 0.2) is 65.3 Å². The molecule has 0 saturated heterocycles. The number of amidine groups is 1. The molecule has 8 heteroatoms. The summed E-state index contributed by atoms with van der Waals surface area (Å²) in [5, 5.41) is 3.04. The van der Waals surface area contributed by atoms with Crippen LogP contribution in [0.1, 0.15) is 12.5 Å². The van der Waals surface area contributed by atoms with Crippen molar-refractivity contribution in [2.24, 2.45) is 10.8 Å². The molecule has 0 saturated carbocycles. The number of nitrogen functional groups attached to an aromatic ring is 1. The van der Waals surface area contributed by atoms with Gasteiger partial charge in [0.25, 0.3) is 0 Å². The number of aliphatic imine (C=N–C) groups is 1. The van der Waals surface area contributed by atoms with Crippen molar-refractivity contribution in [2.45, 2.75) is 6.92 Å². The van der Waals surface area contributed by atoms with E-state index in [4.69, 9.17) is 11.6 Å². The van der Waals surface area contributed by atoms with Gasteiger partial charge < -0.3 is 16.5 Å². The Hall–Kier alpha value is -3.26. The summed E-state index contributed by atoms with van der Waals surface area (Å²) in [5.41, 5.74) is 11.3. The highest BCUT2D eigenvalue weighted by atomic mass is 19.2. The van der Waals surface area contributed by atoms with Gasteiger partial charge in [-0.1, -0.05) is 18.2 Å². The molecule has 0 amide bonds. The molecule has 142 valence electrons. The van der Waals surface area contributed by atoms with Crippen molar-refractivity contribution in [1.82, 2.24) is 10.4 Å². The van der Waals surface area contributed by atoms with Gasteiger partial charge in [0.2, 0.25) is 0 Å². The van der Waals surface area contributed by atoms with Crippen LogP contribution in [0, 0.1) is 0 Å². The number of pyridine rings is 1. The average molecular weight is 372 g/mol. The van der Waals surface area contributed by atoms with Crippen LogP contribution in [0.4, 0.5) is 20.3 Å². The van der Waals surface area contributed by atoms with Crippen molar-refractivity contribution in [2.75, 3.05) is 24.6 Å². The molecule has 0 radical (unpaired) electrons. The van der Waals surface area contributed by atoms with Crippen molar-refractivity contribution < 1.29 is 8.78 Å². The van der Waals surface area contributed by atoms with Gasteiger partial charge in [0.05, 0.1) is 12.1 Å². The summed E-state index contributed by atoms with van der Waals surface area (Å²) >= 11 is 0. The number of hydrazine groups is 1. The van der Waals surface area contributed by atoms with Crippen molar-refractivity contribution in [3.8, 4) is 11.1 Å². The van der Waals surface area contributed by atoms with E-state index in [2.05, 4.69) is 20.7 Å². The molecule has 0 fully saturated rings. The van der Waals surface area contributed by atoms with Crippen LogP contribution in [-0.2, 0) is 0 Å². The number of hydrogen-bond donors (Lipinski definition) is 4. The third kappa shape index (κ3) is 5.11. The molecule has 6 N–H and O–H groups in total. The number of anilines is 2. The number of hydrogen-bond acceptors (Lipinski definition) is 5. The summed E-state index contributed by atoms with van der Waals surface area (Å²) < 4.78 is 27.2. The Labute approximate surface area is 156 Å². The first kappa shape index (κ1) is 20.1. The first-order chi connectivity index (χ1) is 13.0. The SMILES string of the molecule is C/C=C\C(F)=C(\F)CN=C(NN)c1cc(-c2ccc(NC)cc2)cnc1N. The van der Waals surface area contributed by atoms with Crippen LogP contribution in [0.25, 0.3) is 11.1 Å². The highest BCUT2D eigenvalue weighted by Gasteiger charge is 2.11. The topological polar surface area (TPSA) is 101 Å². The molecule has 0 aliphatic carbocycles. The number of rotatable bonds is 6. The smallest absolute Gasteiger partial charge is 0.157 e. The molecule has 1 aromatic carbocycles. The van der Waals surface area contributed by atoms with E-state index in [9.17, 15) is 8.78 Å². The summed E-state index contributed by atoms with van der Waals surface area (Å²) in [4.78, 5) is 8.14. The van der Waals surface area contributed by atoms with Crippen LogP contribution < -0.4 is 22.3 Å². The summed E-state index contributed by atoms with van der Waals surface area (Å²) in [6.45, 7) is 1.07. The van der Waals surface area contributed by atoms with Gasteiger partial charge in [-0.25, -0.2) is 19.6 Å². The molecule has 6 nitrogen and oxygen atoms in total. The predicted molar refractivity (Wildman–Crippen MR) is 106 cm³/mol. The van der Waals surface area contributed by atoms with Gasteiger partial charge in [-0.2, -0.15) is 0 Å². The zero-order chi connectivity index (χ0) is 19.8. The minimum absolute atomic E-state index is 0.108. The van der Waals surface area contributed by atoms with Gasteiger partial charge in [0, 0.05) is 24.5 Å². The maximum absolute atomic E-state index is 13.7. The largest absolute Gasteiger partial charge is 0.388 e. The maximum Gasteiger partial charge on any atom is 0.157 e. The van der Waals surface area contributed by atoms with Gasteiger partial charge in [-0.05, 0) is 36.8 Å². The lowest BCUT2D eigenvalue weighted by Gasteiger charge is -2.11. The van der Waals surface area contributed by atoms with Crippen molar-refractivity contribution in [3.63, 3.8) is 0 Å². The Balaban J connectivity index is 2.37. The van der Waals surface area contributed by atoms with E-state index in [0.717, 1.165) is 22.9 Å². The molecule has 0 atom stereocenters. The molecule has 0 aliphatic heterocycles. The number of nitrogens with zero attached hydrogens (tertiary/aromatic N) is 2. The second-order valence-corrected chi connectivity index (χ2v) is 5.55. The van der Waals surface area contributed by atoms with Gasteiger partial charge in [0.15, 0.2) is 11.7 Å². The number of nitrogens with one attached hydrogen (secondary N) is 2. The molecule has 0 aliphatic rings. The lowest BCUT2D eigenvalue weighted by atomic mass is 10.0. The Morgan fingerprint density at radius 1 is 1.22 bits per heavy atom. The Kier molecular flexibility index (Phi) is 7.01. The van der Waals surface area contributed by atoms with Crippen LogP contribution in [0.3, 0.4) is 0 Å². The first-order valence-corrected chi connectivity index (χ1v) is 8.22. The van der Waals surface area contributed by atoms with E-state index < -0.39 is 18.2 Å². The zero-order valence-corrected chi connectivity index (χ0v) is 15.1. The van der Waals surface area contributed by atoms with Crippen LogP contribution in [-0.4, -0.2) is 24.4 Å². The van der Waals surface area contributed by atoms with Crippen LogP contribution in [0.2, 0.25) is 0 Å². The average Bonchev–Trinajstić information content (AvgIpc) is 2.69. The number of halogens is 2. The summed E-state index contributed by atoms with van der Waals surface area (Å²) in [6.07, 6.45) is 4.03. The van der Waals surface area contributed by atoms with E-state index >= 15 is 0 Å². The lowest BCUT2D eigenvalue weighted by molar-refractivity contribution is 0.542. The normalized spacial score (nSPS) is 12.9. The van der Waals surface area contributed by atoms with Crippen molar-refractivity contribution in [1.29, 1.82) is 0 Å². The standard InChI is InChI=1S/C19H22F2N6/c1-3-4-16(20)17(21)11-26-19(27-23)15-9-13(10-25-18(15)22)12-5-7-14(24-2)8-6-12/h3-10,24H,11,23H2,1-2H3,(H2,22,25)(H,26,27)/b4-3-,17-16-. The maximum atomic E-state index is 13.7. The Bertz CT molecular complexity index is 872. The Morgan fingerprint density at radius 2 is 1.93 bits per heavy atom. The van der Waals surface area contributed by atoms with E-state index in [0.29, 0.717) is 5.56 Å². The molecule has 2 aromatic rings. The molecule has 2 rings (SSSR count). The fraction of sp³-hybridized carbons (Fsp3) is 0.158. The third-order valence-electron chi connectivity index (χ3n) is 3.77. The first-order valence-electron chi connectivity index (χ1n) is 8.22. The van der Waals surface area contributed by atoms with E-state index in [1.165, 1.54) is 6.08 Å². The molecule has 0 unspecified atom stereocenters. The fourth-order valence-electron chi connectivity index (χ4n) is 2.32. The fourth-order valence-corrected chi connectivity index (χ4v) is 2.32. The Morgan fingerprint density at radius 3 is 2.52 bits per heavy atom. The summed E-state index contributed by atoms with van der Waals surface area (Å²) in [5.74, 6) is 3.79. The quantitative estimate of drug-likeness (QED) is 0.205. The van der Waals surface area contributed by atoms with Crippen LogP contribution in [0.5, 0.6) is 0 Å². The molecule has 1 aromatic heterocycles. The highest BCUT2D eigenvalue weighted by molar-refractivity contribution is 6.03. The molecule has 0 bridgehead atoms. The minimum atomic E-state index is -1.01. The molecular weight excluding hydrogens is 350 g/mol. The van der Waals surface area contributed by atoms with Gasteiger partial charge >= 0.3 is 0 Å². The number of nitrogens with two attached hydrogens (primary N) is 2. The highest BCUT2D eigenvalue weighted by Crippen LogP contribution is 2.24.